The minimum atomic E-state index is 0.105. The van der Waals surface area contributed by atoms with Crippen molar-refractivity contribution in [1.29, 1.82) is 0 Å². The Labute approximate surface area is 61.4 Å². The molecule has 0 aromatic rings. The van der Waals surface area contributed by atoms with Crippen molar-refractivity contribution in [2.24, 2.45) is 0 Å². The smallest absolute Gasteiger partial charge is 0.237 e. The Morgan fingerprint density at radius 3 is 2.70 bits per heavy atom. The van der Waals surface area contributed by atoms with Gasteiger partial charge >= 0.3 is 0 Å². The Balaban J connectivity index is 2.48. The van der Waals surface area contributed by atoms with Gasteiger partial charge in [-0.25, -0.2) is 0 Å². The van der Waals surface area contributed by atoms with Crippen LogP contribution in [0.5, 0.6) is 0 Å². The van der Waals surface area contributed by atoms with Gasteiger partial charge < -0.3 is 5.32 Å². The van der Waals surface area contributed by atoms with Crippen LogP contribution in [0.2, 0.25) is 0 Å². The van der Waals surface area contributed by atoms with Gasteiger partial charge in [-0.3, -0.25) is 9.69 Å². The van der Waals surface area contributed by atoms with Gasteiger partial charge in [-0.05, 0) is 26.9 Å². The molecule has 0 radical (unpaired) electrons. The van der Waals surface area contributed by atoms with E-state index < -0.39 is 0 Å². The molecule has 10 heavy (non-hydrogen) atoms. The van der Waals surface area contributed by atoms with E-state index in [1.54, 1.807) is 0 Å². The normalized spacial score (nSPS) is 26.7. The third-order valence-electron chi connectivity index (χ3n) is 1.88. The van der Waals surface area contributed by atoms with Crippen LogP contribution in [0.1, 0.15) is 12.8 Å². The number of likely N-dealkylation sites (N-methyl/N-ethyl adjacent to an activating group) is 1. The van der Waals surface area contributed by atoms with E-state index in [-0.39, 0.29) is 11.9 Å². The molecule has 0 aromatic carbocycles. The molecule has 1 fully saturated rings. The number of hydrogen-bond donors (Lipinski definition) is 1. The van der Waals surface area contributed by atoms with Crippen molar-refractivity contribution in [3.63, 3.8) is 0 Å². The molecular formula is C7H14N2O. The van der Waals surface area contributed by atoms with Crippen molar-refractivity contribution in [1.82, 2.24) is 10.2 Å². The number of amides is 1. The fourth-order valence-electron chi connectivity index (χ4n) is 1.25. The highest BCUT2D eigenvalue weighted by Crippen LogP contribution is 2.06. The van der Waals surface area contributed by atoms with Gasteiger partial charge in [0.15, 0.2) is 0 Å². The molecule has 1 atom stereocenters. The number of nitrogens with zero attached hydrogens (tertiary/aromatic N) is 1. The predicted octanol–water partition coefficient (Wildman–Crippen LogP) is -0.173. The van der Waals surface area contributed by atoms with E-state index in [1.165, 1.54) is 0 Å². The minimum Gasteiger partial charge on any atom is -0.355 e. The maximum atomic E-state index is 11.1. The van der Waals surface area contributed by atoms with Gasteiger partial charge in [-0.2, -0.15) is 0 Å². The fourth-order valence-corrected chi connectivity index (χ4v) is 1.25. The molecule has 3 heteroatoms. The van der Waals surface area contributed by atoms with Crippen LogP contribution in [0.3, 0.4) is 0 Å². The lowest BCUT2D eigenvalue weighted by Gasteiger charge is -2.26. The van der Waals surface area contributed by atoms with Crippen LogP contribution < -0.4 is 5.32 Å². The number of nitrogens with one attached hydrogen (secondary N) is 1. The summed E-state index contributed by atoms with van der Waals surface area (Å²) in [7, 11) is 3.88. The van der Waals surface area contributed by atoms with Crippen molar-refractivity contribution in [3.05, 3.63) is 0 Å². The van der Waals surface area contributed by atoms with Crippen LogP contribution in [-0.2, 0) is 4.79 Å². The topological polar surface area (TPSA) is 32.3 Å². The molecular weight excluding hydrogens is 128 g/mol. The van der Waals surface area contributed by atoms with Crippen LogP contribution in [0.4, 0.5) is 0 Å². The van der Waals surface area contributed by atoms with Crippen LogP contribution in [0.15, 0.2) is 0 Å². The van der Waals surface area contributed by atoms with E-state index in [9.17, 15) is 4.79 Å². The van der Waals surface area contributed by atoms with E-state index in [4.69, 9.17) is 0 Å². The van der Waals surface area contributed by atoms with Gasteiger partial charge in [0, 0.05) is 6.54 Å². The summed E-state index contributed by atoms with van der Waals surface area (Å²) in [6, 6.07) is 0.105. The van der Waals surface area contributed by atoms with Crippen LogP contribution in [-0.4, -0.2) is 37.5 Å². The molecule has 1 amide bonds. The quantitative estimate of drug-likeness (QED) is 0.551. The summed E-state index contributed by atoms with van der Waals surface area (Å²) in [5, 5.41) is 2.83. The summed E-state index contributed by atoms with van der Waals surface area (Å²) in [4.78, 5) is 13.0. The lowest BCUT2D eigenvalue weighted by atomic mass is 10.1. The fraction of sp³-hybridized carbons (Fsp3) is 0.857. The largest absolute Gasteiger partial charge is 0.355 e. The number of hydrogen-bond acceptors (Lipinski definition) is 2. The lowest BCUT2D eigenvalue weighted by Crippen LogP contribution is -2.47. The molecule has 0 aromatic heterocycles. The molecule has 1 rings (SSSR count). The van der Waals surface area contributed by atoms with Crippen molar-refractivity contribution < 1.29 is 4.79 Å². The van der Waals surface area contributed by atoms with E-state index in [1.807, 2.05) is 19.0 Å². The Morgan fingerprint density at radius 2 is 2.30 bits per heavy atom. The standard InChI is InChI=1S/C7H14N2O/c1-9(2)6-4-3-5-8-7(6)10/h6H,3-5H2,1-2H3,(H,8,10). The van der Waals surface area contributed by atoms with Gasteiger partial charge in [0.25, 0.3) is 0 Å². The van der Waals surface area contributed by atoms with E-state index in [2.05, 4.69) is 5.32 Å². The monoisotopic (exact) mass is 142 g/mol. The molecule has 0 aliphatic carbocycles. The lowest BCUT2D eigenvalue weighted by molar-refractivity contribution is -0.127. The van der Waals surface area contributed by atoms with Crippen molar-refractivity contribution >= 4 is 5.91 Å². The zero-order valence-electron chi connectivity index (χ0n) is 6.55. The molecule has 1 N–H and O–H groups in total. The highest BCUT2D eigenvalue weighted by atomic mass is 16.2. The van der Waals surface area contributed by atoms with Gasteiger partial charge in [-0.1, -0.05) is 0 Å². The second-order valence-corrected chi connectivity index (χ2v) is 2.91. The number of carbonyl (C=O) groups excluding carboxylic acids is 1. The molecule has 1 unspecified atom stereocenters. The summed E-state index contributed by atoms with van der Waals surface area (Å²) < 4.78 is 0. The summed E-state index contributed by atoms with van der Waals surface area (Å²) in [6.45, 7) is 0.850. The zero-order valence-corrected chi connectivity index (χ0v) is 6.55. The second-order valence-electron chi connectivity index (χ2n) is 2.91. The zero-order chi connectivity index (χ0) is 7.56. The Morgan fingerprint density at radius 1 is 1.60 bits per heavy atom. The highest BCUT2D eigenvalue weighted by molar-refractivity contribution is 5.82. The molecule has 1 aliphatic rings. The molecule has 58 valence electrons. The van der Waals surface area contributed by atoms with Gasteiger partial charge in [-0.15, -0.1) is 0 Å². The molecule has 3 nitrogen and oxygen atoms in total. The maximum Gasteiger partial charge on any atom is 0.237 e. The third-order valence-corrected chi connectivity index (χ3v) is 1.88. The maximum absolute atomic E-state index is 11.1. The van der Waals surface area contributed by atoms with Crippen LogP contribution >= 0.6 is 0 Å². The van der Waals surface area contributed by atoms with Gasteiger partial charge in [0.1, 0.15) is 0 Å². The number of piperidine rings is 1. The summed E-state index contributed by atoms with van der Waals surface area (Å²) >= 11 is 0. The molecule has 0 spiro atoms. The Bertz CT molecular complexity index is 134. The summed E-state index contributed by atoms with van der Waals surface area (Å²) in [5.41, 5.74) is 0. The SMILES string of the molecule is CN(C)C1CCCNC1=O. The van der Waals surface area contributed by atoms with E-state index >= 15 is 0 Å². The second kappa shape index (κ2) is 3.01. The molecule has 1 heterocycles. The summed E-state index contributed by atoms with van der Waals surface area (Å²) in [5.74, 6) is 0.177. The van der Waals surface area contributed by atoms with Crippen molar-refractivity contribution in [2.75, 3.05) is 20.6 Å². The average molecular weight is 142 g/mol. The molecule has 1 saturated heterocycles. The predicted molar refractivity (Wildman–Crippen MR) is 39.7 cm³/mol. The summed E-state index contributed by atoms with van der Waals surface area (Å²) in [6.07, 6.45) is 2.10. The van der Waals surface area contributed by atoms with E-state index in [0.29, 0.717) is 0 Å². The number of rotatable bonds is 1. The molecule has 1 aliphatic heterocycles. The van der Waals surface area contributed by atoms with Gasteiger partial charge in [0.05, 0.1) is 6.04 Å². The first-order valence-corrected chi connectivity index (χ1v) is 3.66. The van der Waals surface area contributed by atoms with Crippen LogP contribution in [0, 0.1) is 0 Å². The van der Waals surface area contributed by atoms with Gasteiger partial charge in [0.2, 0.25) is 5.91 Å². The third kappa shape index (κ3) is 1.48. The molecule has 0 saturated carbocycles. The molecule has 0 bridgehead atoms. The Hall–Kier alpha value is -0.570. The van der Waals surface area contributed by atoms with Crippen molar-refractivity contribution in [2.45, 2.75) is 18.9 Å². The average Bonchev–Trinajstić information content (AvgIpc) is 1.88. The van der Waals surface area contributed by atoms with Crippen molar-refractivity contribution in [3.8, 4) is 0 Å². The Kier molecular flexibility index (Phi) is 2.27. The highest BCUT2D eigenvalue weighted by Gasteiger charge is 2.22. The number of carbonyl (C=O) groups is 1. The van der Waals surface area contributed by atoms with E-state index in [0.717, 1.165) is 19.4 Å². The van der Waals surface area contributed by atoms with Crippen LogP contribution in [0.25, 0.3) is 0 Å². The first kappa shape index (κ1) is 7.54. The first-order chi connectivity index (χ1) is 4.72. The first-order valence-electron chi connectivity index (χ1n) is 3.66. The minimum absolute atomic E-state index is 0.105.